The Morgan fingerprint density at radius 2 is 1.70 bits per heavy atom. The van der Waals surface area contributed by atoms with Crippen molar-refractivity contribution in [2.24, 2.45) is 11.3 Å². The molecular weight excluding hydrogens is 248 g/mol. The van der Waals surface area contributed by atoms with Crippen LogP contribution in [-0.2, 0) is 4.79 Å². The maximum Gasteiger partial charge on any atom is 0.222 e. The van der Waals surface area contributed by atoms with Gasteiger partial charge in [-0.1, -0.05) is 12.8 Å². The summed E-state index contributed by atoms with van der Waals surface area (Å²) in [5.74, 6) is 1.21. The van der Waals surface area contributed by atoms with Crippen LogP contribution >= 0.6 is 0 Å². The van der Waals surface area contributed by atoms with Crippen molar-refractivity contribution in [3.8, 4) is 0 Å². The monoisotopic (exact) mass is 278 g/mol. The molecule has 1 aliphatic carbocycles. The van der Waals surface area contributed by atoms with E-state index in [0.29, 0.717) is 11.3 Å². The summed E-state index contributed by atoms with van der Waals surface area (Å²) in [4.78, 5) is 14.5. The number of piperidine rings is 2. The summed E-state index contributed by atoms with van der Waals surface area (Å²) in [5.41, 5.74) is 0.631. The van der Waals surface area contributed by atoms with Crippen LogP contribution in [0.15, 0.2) is 0 Å². The number of amides is 1. The Kier molecular flexibility index (Phi) is 4.65. The van der Waals surface area contributed by atoms with Gasteiger partial charge in [0.25, 0.3) is 0 Å². The van der Waals surface area contributed by atoms with E-state index in [1.807, 2.05) is 0 Å². The number of carbonyl (C=O) groups is 1. The van der Waals surface area contributed by atoms with Crippen molar-refractivity contribution in [2.45, 2.75) is 64.2 Å². The molecule has 2 heterocycles. The Morgan fingerprint density at radius 3 is 2.35 bits per heavy atom. The SMILES string of the molecule is O=C(CCC1CCNCC1)N1CCC2(CCCC2)CC1. The van der Waals surface area contributed by atoms with Crippen molar-refractivity contribution >= 4 is 5.91 Å². The van der Waals surface area contributed by atoms with Gasteiger partial charge in [0.2, 0.25) is 5.91 Å². The van der Waals surface area contributed by atoms with Gasteiger partial charge in [0.15, 0.2) is 0 Å². The summed E-state index contributed by atoms with van der Waals surface area (Å²) in [6, 6.07) is 0. The lowest BCUT2D eigenvalue weighted by Gasteiger charge is -2.39. The maximum absolute atomic E-state index is 12.4. The van der Waals surface area contributed by atoms with E-state index in [1.54, 1.807) is 0 Å². The number of likely N-dealkylation sites (tertiary alicyclic amines) is 1. The third-order valence-electron chi connectivity index (χ3n) is 6.07. The fourth-order valence-corrected chi connectivity index (χ4v) is 4.51. The number of nitrogens with zero attached hydrogens (tertiary/aromatic N) is 1. The van der Waals surface area contributed by atoms with Gasteiger partial charge < -0.3 is 10.2 Å². The first kappa shape index (κ1) is 14.4. The van der Waals surface area contributed by atoms with Crippen LogP contribution in [0.5, 0.6) is 0 Å². The largest absolute Gasteiger partial charge is 0.343 e. The predicted molar refractivity (Wildman–Crippen MR) is 81.5 cm³/mol. The second kappa shape index (κ2) is 6.46. The van der Waals surface area contributed by atoms with Gasteiger partial charge in [-0.05, 0) is 69.4 Å². The summed E-state index contributed by atoms with van der Waals surface area (Å²) in [5, 5.41) is 3.40. The molecule has 20 heavy (non-hydrogen) atoms. The fraction of sp³-hybridized carbons (Fsp3) is 0.941. The standard InChI is InChI=1S/C17H30N2O/c20-16(4-3-15-5-11-18-12-6-15)19-13-9-17(10-14-19)7-1-2-8-17/h15,18H,1-14H2. The Balaban J connectivity index is 1.39. The van der Waals surface area contributed by atoms with E-state index in [2.05, 4.69) is 10.2 Å². The second-order valence-electron chi connectivity index (χ2n) is 7.32. The molecule has 2 aliphatic heterocycles. The summed E-state index contributed by atoms with van der Waals surface area (Å²) in [6.07, 6.45) is 12.6. The highest BCUT2D eigenvalue weighted by Gasteiger charge is 2.37. The molecule has 2 saturated heterocycles. The summed E-state index contributed by atoms with van der Waals surface area (Å²) < 4.78 is 0. The molecule has 1 saturated carbocycles. The Bertz CT molecular complexity index is 320. The number of hydrogen-bond acceptors (Lipinski definition) is 2. The van der Waals surface area contributed by atoms with E-state index < -0.39 is 0 Å². The van der Waals surface area contributed by atoms with E-state index in [9.17, 15) is 4.79 Å². The van der Waals surface area contributed by atoms with Crippen molar-refractivity contribution in [2.75, 3.05) is 26.2 Å². The Hall–Kier alpha value is -0.570. The van der Waals surface area contributed by atoms with Gasteiger partial charge in [0, 0.05) is 19.5 Å². The van der Waals surface area contributed by atoms with Crippen LogP contribution in [0.1, 0.15) is 64.2 Å². The molecule has 3 nitrogen and oxygen atoms in total. The smallest absolute Gasteiger partial charge is 0.222 e. The normalized spacial score (nSPS) is 27.1. The zero-order valence-corrected chi connectivity index (χ0v) is 12.8. The topological polar surface area (TPSA) is 32.3 Å². The minimum Gasteiger partial charge on any atom is -0.343 e. The van der Waals surface area contributed by atoms with Crippen molar-refractivity contribution < 1.29 is 4.79 Å². The van der Waals surface area contributed by atoms with Crippen molar-refractivity contribution in [1.29, 1.82) is 0 Å². The molecule has 114 valence electrons. The molecule has 3 rings (SSSR count). The van der Waals surface area contributed by atoms with E-state index in [0.717, 1.165) is 44.9 Å². The quantitative estimate of drug-likeness (QED) is 0.861. The summed E-state index contributed by atoms with van der Waals surface area (Å²) in [6.45, 7) is 4.35. The lowest BCUT2D eigenvalue weighted by molar-refractivity contribution is -0.133. The van der Waals surface area contributed by atoms with Gasteiger partial charge in [-0.15, -0.1) is 0 Å². The highest BCUT2D eigenvalue weighted by molar-refractivity contribution is 5.76. The molecule has 0 bridgehead atoms. The predicted octanol–water partition coefficient (Wildman–Crippen LogP) is 2.95. The maximum atomic E-state index is 12.4. The zero-order valence-electron chi connectivity index (χ0n) is 12.8. The minimum atomic E-state index is 0.427. The van der Waals surface area contributed by atoms with Gasteiger partial charge >= 0.3 is 0 Å². The molecule has 0 aromatic heterocycles. The lowest BCUT2D eigenvalue weighted by Crippen LogP contribution is -2.42. The van der Waals surface area contributed by atoms with E-state index >= 15 is 0 Å². The molecule has 0 aromatic carbocycles. The molecule has 0 aromatic rings. The molecule has 1 spiro atoms. The average molecular weight is 278 g/mol. The fourth-order valence-electron chi connectivity index (χ4n) is 4.51. The molecule has 1 amide bonds. The first-order chi connectivity index (χ1) is 9.77. The van der Waals surface area contributed by atoms with Gasteiger partial charge in [0.05, 0.1) is 0 Å². The van der Waals surface area contributed by atoms with Crippen molar-refractivity contribution in [3.05, 3.63) is 0 Å². The van der Waals surface area contributed by atoms with E-state index in [1.165, 1.54) is 51.4 Å². The van der Waals surface area contributed by atoms with Gasteiger partial charge in [-0.25, -0.2) is 0 Å². The Morgan fingerprint density at radius 1 is 1.05 bits per heavy atom. The number of nitrogens with one attached hydrogen (secondary N) is 1. The van der Waals surface area contributed by atoms with Gasteiger partial charge in [-0.2, -0.15) is 0 Å². The third-order valence-corrected chi connectivity index (χ3v) is 6.07. The highest BCUT2D eigenvalue weighted by Crippen LogP contribution is 2.46. The van der Waals surface area contributed by atoms with Crippen LogP contribution in [0, 0.1) is 11.3 Å². The average Bonchev–Trinajstić information content (AvgIpc) is 2.95. The lowest BCUT2D eigenvalue weighted by atomic mass is 9.77. The molecular formula is C17H30N2O. The number of rotatable bonds is 3. The van der Waals surface area contributed by atoms with Crippen LogP contribution in [0.3, 0.4) is 0 Å². The first-order valence-electron chi connectivity index (χ1n) is 8.76. The molecule has 3 heteroatoms. The van der Waals surface area contributed by atoms with Crippen LogP contribution < -0.4 is 5.32 Å². The Labute approximate surface area is 123 Å². The zero-order chi connectivity index (χ0) is 13.8. The van der Waals surface area contributed by atoms with Gasteiger partial charge in [-0.3, -0.25) is 4.79 Å². The molecule has 0 radical (unpaired) electrons. The molecule has 3 aliphatic rings. The highest BCUT2D eigenvalue weighted by atomic mass is 16.2. The van der Waals surface area contributed by atoms with Gasteiger partial charge in [0.1, 0.15) is 0 Å². The van der Waals surface area contributed by atoms with Crippen LogP contribution in [0.25, 0.3) is 0 Å². The van der Waals surface area contributed by atoms with Crippen LogP contribution in [-0.4, -0.2) is 37.0 Å². The van der Waals surface area contributed by atoms with Crippen LogP contribution in [0.4, 0.5) is 0 Å². The first-order valence-corrected chi connectivity index (χ1v) is 8.76. The number of carbonyl (C=O) groups excluding carboxylic acids is 1. The van der Waals surface area contributed by atoms with E-state index in [4.69, 9.17) is 0 Å². The molecule has 3 fully saturated rings. The molecule has 1 N–H and O–H groups in total. The summed E-state index contributed by atoms with van der Waals surface area (Å²) in [7, 11) is 0. The van der Waals surface area contributed by atoms with Crippen molar-refractivity contribution in [1.82, 2.24) is 10.2 Å². The summed E-state index contributed by atoms with van der Waals surface area (Å²) >= 11 is 0. The van der Waals surface area contributed by atoms with Crippen LogP contribution in [0.2, 0.25) is 0 Å². The molecule has 0 atom stereocenters. The third kappa shape index (κ3) is 3.36. The minimum absolute atomic E-state index is 0.427. The van der Waals surface area contributed by atoms with E-state index in [-0.39, 0.29) is 0 Å². The second-order valence-corrected chi connectivity index (χ2v) is 7.32. The number of hydrogen-bond donors (Lipinski definition) is 1. The molecule has 0 unspecified atom stereocenters. The van der Waals surface area contributed by atoms with Crippen molar-refractivity contribution in [3.63, 3.8) is 0 Å².